The van der Waals surface area contributed by atoms with Gasteiger partial charge in [-0.25, -0.2) is 0 Å². The first kappa shape index (κ1) is 13.1. The quantitative estimate of drug-likeness (QED) is 0.840. The van der Waals surface area contributed by atoms with E-state index in [-0.39, 0.29) is 0 Å². The zero-order valence-corrected chi connectivity index (χ0v) is 10.9. The summed E-state index contributed by atoms with van der Waals surface area (Å²) in [5, 5.41) is 9.37. The van der Waals surface area contributed by atoms with Gasteiger partial charge in [-0.1, -0.05) is 43.7 Å². The molecule has 1 fully saturated rings. The molecule has 1 aliphatic carbocycles. The van der Waals surface area contributed by atoms with Crippen molar-refractivity contribution in [2.75, 3.05) is 13.1 Å². The highest BCUT2D eigenvalue weighted by atomic mass is 16.4. The fourth-order valence-corrected chi connectivity index (χ4v) is 2.59. The Morgan fingerprint density at radius 2 is 2.00 bits per heavy atom. The van der Waals surface area contributed by atoms with Crippen LogP contribution in [-0.4, -0.2) is 29.1 Å². The van der Waals surface area contributed by atoms with Crippen LogP contribution in [0.2, 0.25) is 0 Å². The van der Waals surface area contributed by atoms with Gasteiger partial charge in [0.1, 0.15) is 0 Å². The molecular formula is C15H21NO2. The summed E-state index contributed by atoms with van der Waals surface area (Å²) in [5.41, 5.74) is 0.768. The van der Waals surface area contributed by atoms with Crippen molar-refractivity contribution in [2.24, 2.45) is 5.41 Å². The minimum absolute atomic E-state index is 0.481. The van der Waals surface area contributed by atoms with Crippen LogP contribution in [0.5, 0.6) is 0 Å². The zero-order valence-electron chi connectivity index (χ0n) is 10.9. The SMILES string of the molecule is CCN(Cc1ccccc1)CC1(C(=O)O)CCC1. The van der Waals surface area contributed by atoms with Crippen molar-refractivity contribution in [3.8, 4) is 0 Å². The lowest BCUT2D eigenvalue weighted by Crippen LogP contribution is -2.47. The Kier molecular flexibility index (Phi) is 4.02. The highest BCUT2D eigenvalue weighted by Gasteiger charge is 2.45. The van der Waals surface area contributed by atoms with E-state index in [0.717, 1.165) is 32.4 Å². The van der Waals surface area contributed by atoms with Gasteiger partial charge in [0.15, 0.2) is 0 Å². The van der Waals surface area contributed by atoms with Crippen molar-refractivity contribution in [1.82, 2.24) is 4.90 Å². The molecule has 1 saturated carbocycles. The first-order valence-corrected chi connectivity index (χ1v) is 6.66. The van der Waals surface area contributed by atoms with Gasteiger partial charge in [0.05, 0.1) is 5.41 Å². The molecule has 1 N–H and O–H groups in total. The third-order valence-electron chi connectivity index (χ3n) is 3.99. The Morgan fingerprint density at radius 1 is 1.33 bits per heavy atom. The van der Waals surface area contributed by atoms with Crippen LogP contribution in [0.15, 0.2) is 30.3 Å². The molecule has 0 amide bonds. The van der Waals surface area contributed by atoms with Crippen LogP contribution >= 0.6 is 0 Å². The average molecular weight is 247 g/mol. The number of carbonyl (C=O) groups is 1. The molecule has 1 aromatic rings. The molecule has 0 unspecified atom stereocenters. The van der Waals surface area contributed by atoms with Gasteiger partial charge in [0, 0.05) is 13.1 Å². The number of carboxylic acids is 1. The normalized spacial score (nSPS) is 17.4. The minimum atomic E-state index is -0.625. The predicted octanol–water partition coefficient (Wildman–Crippen LogP) is 2.76. The smallest absolute Gasteiger partial charge is 0.310 e. The molecule has 0 radical (unpaired) electrons. The standard InChI is InChI=1S/C15H21NO2/c1-2-16(11-13-7-4-3-5-8-13)12-15(14(17)18)9-6-10-15/h3-5,7-8H,2,6,9-12H2,1H3,(H,17,18). The Hall–Kier alpha value is -1.35. The molecule has 2 rings (SSSR count). The first-order chi connectivity index (χ1) is 8.66. The van der Waals surface area contributed by atoms with Gasteiger partial charge in [-0.05, 0) is 24.9 Å². The van der Waals surface area contributed by atoms with Crippen molar-refractivity contribution in [3.05, 3.63) is 35.9 Å². The summed E-state index contributed by atoms with van der Waals surface area (Å²) in [5.74, 6) is -0.625. The van der Waals surface area contributed by atoms with Crippen molar-refractivity contribution in [1.29, 1.82) is 0 Å². The van der Waals surface area contributed by atoms with E-state index < -0.39 is 11.4 Å². The molecule has 0 aliphatic heterocycles. The predicted molar refractivity (Wildman–Crippen MR) is 71.3 cm³/mol. The fourth-order valence-electron chi connectivity index (χ4n) is 2.59. The Labute approximate surface area is 108 Å². The van der Waals surface area contributed by atoms with Crippen LogP contribution in [0.25, 0.3) is 0 Å². The summed E-state index contributed by atoms with van der Waals surface area (Å²) >= 11 is 0. The van der Waals surface area contributed by atoms with Crippen LogP contribution < -0.4 is 0 Å². The first-order valence-electron chi connectivity index (χ1n) is 6.66. The van der Waals surface area contributed by atoms with Crippen LogP contribution in [-0.2, 0) is 11.3 Å². The van der Waals surface area contributed by atoms with E-state index in [1.165, 1.54) is 5.56 Å². The van der Waals surface area contributed by atoms with Gasteiger partial charge in [-0.15, -0.1) is 0 Å². The maximum Gasteiger partial charge on any atom is 0.310 e. The average Bonchev–Trinajstić information content (AvgIpc) is 2.33. The van der Waals surface area contributed by atoms with E-state index in [2.05, 4.69) is 24.0 Å². The third kappa shape index (κ3) is 2.72. The highest BCUT2D eigenvalue weighted by Crippen LogP contribution is 2.42. The van der Waals surface area contributed by atoms with Gasteiger partial charge < -0.3 is 5.11 Å². The number of rotatable bonds is 6. The monoisotopic (exact) mass is 247 g/mol. The lowest BCUT2D eigenvalue weighted by atomic mass is 9.68. The molecule has 18 heavy (non-hydrogen) atoms. The molecule has 0 atom stereocenters. The van der Waals surface area contributed by atoms with Crippen LogP contribution in [0.4, 0.5) is 0 Å². The van der Waals surface area contributed by atoms with Crippen molar-refractivity contribution in [3.63, 3.8) is 0 Å². The molecule has 0 heterocycles. The van der Waals surface area contributed by atoms with Gasteiger partial charge in [-0.3, -0.25) is 9.69 Å². The third-order valence-corrected chi connectivity index (χ3v) is 3.99. The maximum atomic E-state index is 11.4. The number of carboxylic acid groups (broad SMARTS) is 1. The molecule has 0 bridgehead atoms. The van der Waals surface area contributed by atoms with E-state index in [0.29, 0.717) is 6.54 Å². The van der Waals surface area contributed by atoms with E-state index in [4.69, 9.17) is 0 Å². The Balaban J connectivity index is 1.99. The zero-order chi connectivity index (χ0) is 13.0. The van der Waals surface area contributed by atoms with Crippen LogP contribution in [0.3, 0.4) is 0 Å². The second kappa shape index (κ2) is 5.53. The molecule has 3 nitrogen and oxygen atoms in total. The number of aliphatic carboxylic acids is 1. The van der Waals surface area contributed by atoms with E-state index in [1.807, 2.05) is 18.2 Å². The highest BCUT2D eigenvalue weighted by molar-refractivity contribution is 5.76. The van der Waals surface area contributed by atoms with Crippen molar-refractivity contribution < 1.29 is 9.90 Å². The van der Waals surface area contributed by atoms with E-state index in [9.17, 15) is 9.90 Å². The molecular weight excluding hydrogens is 226 g/mol. The summed E-state index contributed by atoms with van der Waals surface area (Å²) in [4.78, 5) is 13.6. The summed E-state index contributed by atoms with van der Waals surface area (Å²) in [6.07, 6.45) is 2.70. The molecule has 1 aliphatic rings. The van der Waals surface area contributed by atoms with Crippen LogP contribution in [0, 0.1) is 5.41 Å². The number of hydrogen-bond acceptors (Lipinski definition) is 2. The van der Waals surface area contributed by atoms with Gasteiger partial charge in [0.2, 0.25) is 0 Å². The summed E-state index contributed by atoms with van der Waals surface area (Å²) in [7, 11) is 0. The summed E-state index contributed by atoms with van der Waals surface area (Å²) in [6.45, 7) is 4.50. The van der Waals surface area contributed by atoms with Crippen LogP contribution in [0.1, 0.15) is 31.7 Å². The van der Waals surface area contributed by atoms with Crippen molar-refractivity contribution in [2.45, 2.75) is 32.7 Å². The second-order valence-electron chi connectivity index (χ2n) is 5.23. The Morgan fingerprint density at radius 3 is 2.44 bits per heavy atom. The van der Waals surface area contributed by atoms with E-state index >= 15 is 0 Å². The van der Waals surface area contributed by atoms with E-state index in [1.54, 1.807) is 0 Å². The molecule has 0 saturated heterocycles. The molecule has 3 heteroatoms. The molecule has 0 aromatic heterocycles. The number of hydrogen-bond donors (Lipinski definition) is 1. The molecule has 1 aromatic carbocycles. The molecule has 0 spiro atoms. The Bertz CT molecular complexity index is 398. The largest absolute Gasteiger partial charge is 0.481 e. The summed E-state index contributed by atoms with van der Waals surface area (Å²) < 4.78 is 0. The van der Waals surface area contributed by atoms with Crippen molar-refractivity contribution >= 4 is 5.97 Å². The second-order valence-corrected chi connectivity index (χ2v) is 5.23. The number of nitrogens with zero attached hydrogens (tertiary/aromatic N) is 1. The lowest BCUT2D eigenvalue weighted by Gasteiger charge is -2.41. The lowest BCUT2D eigenvalue weighted by molar-refractivity contribution is -0.156. The summed E-state index contributed by atoms with van der Waals surface area (Å²) in [6, 6.07) is 10.2. The van der Waals surface area contributed by atoms with Gasteiger partial charge >= 0.3 is 5.97 Å². The topological polar surface area (TPSA) is 40.5 Å². The molecule has 98 valence electrons. The fraction of sp³-hybridized carbons (Fsp3) is 0.533. The maximum absolute atomic E-state index is 11.4. The van der Waals surface area contributed by atoms with Gasteiger partial charge in [-0.2, -0.15) is 0 Å². The van der Waals surface area contributed by atoms with Gasteiger partial charge in [0.25, 0.3) is 0 Å². The minimum Gasteiger partial charge on any atom is -0.481 e. The number of benzene rings is 1.